The molecule has 1 fully saturated rings. The molecule has 1 saturated heterocycles. The van der Waals surface area contributed by atoms with Crippen molar-refractivity contribution in [2.24, 2.45) is 0 Å². The Morgan fingerprint density at radius 1 is 0.862 bits per heavy atom. The Bertz CT molecular complexity index is 851. The van der Waals surface area contributed by atoms with E-state index in [2.05, 4.69) is 0 Å². The van der Waals surface area contributed by atoms with E-state index in [1.165, 1.54) is 0 Å². The molecule has 8 nitrogen and oxygen atoms in total. The molecule has 29 heavy (non-hydrogen) atoms. The van der Waals surface area contributed by atoms with Crippen LogP contribution in [-0.4, -0.2) is 54.2 Å². The zero-order valence-electron chi connectivity index (χ0n) is 15.6. The van der Waals surface area contributed by atoms with E-state index in [-0.39, 0.29) is 12.2 Å². The lowest BCUT2D eigenvalue weighted by Gasteiger charge is -2.22. The van der Waals surface area contributed by atoms with Gasteiger partial charge in [0.1, 0.15) is 12.7 Å². The van der Waals surface area contributed by atoms with E-state index in [0.717, 1.165) is 6.92 Å². The molecule has 0 aromatic heterocycles. The maximum Gasteiger partial charge on any atom is 0.338 e. The first-order valence-corrected chi connectivity index (χ1v) is 8.94. The number of carbonyl (C=O) groups is 3. The molecule has 0 unspecified atom stereocenters. The van der Waals surface area contributed by atoms with Gasteiger partial charge in [-0.05, 0) is 24.3 Å². The van der Waals surface area contributed by atoms with Gasteiger partial charge in [-0.15, -0.1) is 0 Å². The topological polar surface area (TPSA) is 108 Å². The van der Waals surface area contributed by atoms with E-state index in [9.17, 15) is 19.5 Å². The highest BCUT2D eigenvalue weighted by atomic mass is 16.7. The fourth-order valence-corrected chi connectivity index (χ4v) is 2.88. The normalized spacial score (nSPS) is 23.2. The molecule has 152 valence electrons. The van der Waals surface area contributed by atoms with Gasteiger partial charge in [-0.2, -0.15) is 0 Å². The van der Waals surface area contributed by atoms with Gasteiger partial charge in [0, 0.05) is 6.92 Å². The van der Waals surface area contributed by atoms with Crippen molar-refractivity contribution >= 4 is 17.9 Å². The number of benzene rings is 2. The van der Waals surface area contributed by atoms with Crippen molar-refractivity contribution < 1.29 is 38.4 Å². The highest BCUT2D eigenvalue weighted by molar-refractivity contribution is 5.90. The minimum Gasteiger partial charge on any atom is -0.459 e. The fraction of sp³-hybridized carbons (Fsp3) is 0.286. The molecule has 0 bridgehead atoms. The standard InChI is InChI=1S/C21H20O8/c1-13(22)27-18-17(29-20(24)15-10-6-3-7-11-15)16(28-21(18)25)12-26-19(23)14-8-4-2-5-9-14/h2-11,16-18,21,25H,12H2,1H3/t16-,17+,18-,21+/m1/s1. The Kier molecular flexibility index (Phi) is 6.58. The Hall–Kier alpha value is -3.23. The summed E-state index contributed by atoms with van der Waals surface area (Å²) in [6, 6.07) is 16.5. The van der Waals surface area contributed by atoms with Crippen LogP contribution < -0.4 is 0 Å². The largest absolute Gasteiger partial charge is 0.459 e. The predicted molar refractivity (Wildman–Crippen MR) is 98.8 cm³/mol. The van der Waals surface area contributed by atoms with Gasteiger partial charge in [-0.25, -0.2) is 9.59 Å². The summed E-state index contributed by atoms with van der Waals surface area (Å²) in [6.45, 7) is 0.848. The van der Waals surface area contributed by atoms with Crippen molar-refractivity contribution in [3.63, 3.8) is 0 Å². The first kappa shape index (κ1) is 20.5. The number of aliphatic hydroxyl groups is 1. The number of esters is 3. The lowest BCUT2D eigenvalue weighted by molar-refractivity contribution is -0.170. The van der Waals surface area contributed by atoms with Gasteiger partial charge in [0.25, 0.3) is 0 Å². The lowest BCUT2D eigenvalue weighted by Crippen LogP contribution is -2.41. The van der Waals surface area contributed by atoms with Crippen LogP contribution in [0.15, 0.2) is 60.7 Å². The molecule has 3 rings (SSSR count). The number of rotatable bonds is 6. The van der Waals surface area contributed by atoms with E-state index in [1.54, 1.807) is 60.7 Å². The molecule has 2 aromatic carbocycles. The van der Waals surface area contributed by atoms with Crippen molar-refractivity contribution in [2.45, 2.75) is 31.5 Å². The van der Waals surface area contributed by atoms with Crippen LogP contribution in [0.4, 0.5) is 0 Å². The Morgan fingerprint density at radius 3 is 1.97 bits per heavy atom. The van der Waals surface area contributed by atoms with Gasteiger partial charge >= 0.3 is 17.9 Å². The molecule has 1 aliphatic heterocycles. The third-order valence-electron chi connectivity index (χ3n) is 4.23. The maximum absolute atomic E-state index is 12.4. The summed E-state index contributed by atoms with van der Waals surface area (Å²) < 4.78 is 21.1. The predicted octanol–water partition coefficient (Wildman–Crippen LogP) is 1.72. The van der Waals surface area contributed by atoms with Gasteiger partial charge in [0.15, 0.2) is 18.5 Å². The van der Waals surface area contributed by atoms with Gasteiger partial charge in [-0.1, -0.05) is 36.4 Å². The van der Waals surface area contributed by atoms with Gasteiger partial charge in [-0.3, -0.25) is 4.79 Å². The average Bonchev–Trinajstić information content (AvgIpc) is 3.01. The fourth-order valence-electron chi connectivity index (χ4n) is 2.88. The Labute approximate surface area is 167 Å². The summed E-state index contributed by atoms with van der Waals surface area (Å²) in [4.78, 5) is 36.0. The molecule has 1 heterocycles. The molecular weight excluding hydrogens is 380 g/mol. The van der Waals surface area contributed by atoms with Crippen LogP contribution in [0.1, 0.15) is 27.6 Å². The average molecular weight is 400 g/mol. The van der Waals surface area contributed by atoms with Gasteiger partial charge < -0.3 is 24.1 Å². The number of hydrogen-bond donors (Lipinski definition) is 1. The highest BCUT2D eigenvalue weighted by Gasteiger charge is 2.49. The van der Waals surface area contributed by atoms with Crippen molar-refractivity contribution in [1.29, 1.82) is 0 Å². The number of ether oxygens (including phenoxy) is 4. The van der Waals surface area contributed by atoms with E-state index in [4.69, 9.17) is 18.9 Å². The van der Waals surface area contributed by atoms with Crippen LogP contribution in [0.2, 0.25) is 0 Å². The molecule has 0 amide bonds. The SMILES string of the molecule is CC(=O)O[C@@H]1[C@@H](OC(=O)c2ccccc2)[C@@H](COC(=O)c2ccccc2)O[C@@H]1O. The second-order valence-electron chi connectivity index (χ2n) is 6.34. The zero-order valence-corrected chi connectivity index (χ0v) is 15.6. The number of aliphatic hydroxyl groups excluding tert-OH is 1. The number of carbonyl (C=O) groups excluding carboxylic acids is 3. The van der Waals surface area contributed by atoms with Crippen molar-refractivity contribution in [1.82, 2.24) is 0 Å². The molecule has 0 spiro atoms. The molecule has 4 atom stereocenters. The second kappa shape index (κ2) is 9.31. The second-order valence-corrected chi connectivity index (χ2v) is 6.34. The molecule has 0 aliphatic carbocycles. The monoisotopic (exact) mass is 400 g/mol. The Balaban J connectivity index is 1.72. The van der Waals surface area contributed by atoms with E-state index < -0.39 is 42.5 Å². The molecule has 2 aromatic rings. The lowest BCUT2D eigenvalue weighted by atomic mass is 10.1. The van der Waals surface area contributed by atoms with Crippen LogP contribution in [0.3, 0.4) is 0 Å². The summed E-state index contributed by atoms with van der Waals surface area (Å²) in [7, 11) is 0. The van der Waals surface area contributed by atoms with Gasteiger partial charge in [0.05, 0.1) is 11.1 Å². The van der Waals surface area contributed by atoms with Gasteiger partial charge in [0.2, 0.25) is 0 Å². The molecule has 8 heteroatoms. The number of hydrogen-bond acceptors (Lipinski definition) is 8. The molecule has 1 aliphatic rings. The highest BCUT2D eigenvalue weighted by Crippen LogP contribution is 2.27. The maximum atomic E-state index is 12.4. The van der Waals surface area contributed by atoms with E-state index in [1.807, 2.05) is 0 Å². The first-order chi connectivity index (χ1) is 14.0. The van der Waals surface area contributed by atoms with Crippen LogP contribution in [0.25, 0.3) is 0 Å². The summed E-state index contributed by atoms with van der Waals surface area (Å²) in [5.74, 6) is -1.97. The van der Waals surface area contributed by atoms with Crippen LogP contribution in [-0.2, 0) is 23.7 Å². The van der Waals surface area contributed by atoms with E-state index in [0.29, 0.717) is 5.56 Å². The van der Waals surface area contributed by atoms with E-state index >= 15 is 0 Å². The Morgan fingerprint density at radius 2 is 1.41 bits per heavy atom. The first-order valence-electron chi connectivity index (χ1n) is 8.94. The quantitative estimate of drug-likeness (QED) is 0.577. The smallest absolute Gasteiger partial charge is 0.338 e. The molecule has 0 saturated carbocycles. The summed E-state index contributed by atoms with van der Waals surface area (Å²) >= 11 is 0. The summed E-state index contributed by atoms with van der Waals surface area (Å²) in [5, 5.41) is 10.1. The molecule has 0 radical (unpaired) electrons. The van der Waals surface area contributed by atoms with Crippen LogP contribution >= 0.6 is 0 Å². The van der Waals surface area contributed by atoms with Crippen molar-refractivity contribution in [3.8, 4) is 0 Å². The summed E-state index contributed by atoms with van der Waals surface area (Å²) in [6.07, 6.45) is -4.96. The van der Waals surface area contributed by atoms with Crippen molar-refractivity contribution in [2.75, 3.05) is 6.61 Å². The minimum atomic E-state index is -1.53. The minimum absolute atomic E-state index is 0.274. The van der Waals surface area contributed by atoms with Crippen molar-refractivity contribution in [3.05, 3.63) is 71.8 Å². The van der Waals surface area contributed by atoms with Crippen LogP contribution in [0, 0.1) is 0 Å². The third kappa shape index (κ3) is 5.18. The third-order valence-corrected chi connectivity index (χ3v) is 4.23. The molecular formula is C21H20O8. The zero-order chi connectivity index (χ0) is 20.8. The molecule has 1 N–H and O–H groups in total. The summed E-state index contributed by atoms with van der Waals surface area (Å²) in [5.41, 5.74) is 0.607. The van der Waals surface area contributed by atoms with Crippen LogP contribution in [0.5, 0.6) is 0 Å².